The van der Waals surface area contributed by atoms with Gasteiger partial charge >= 0.3 is 5.97 Å². The van der Waals surface area contributed by atoms with Crippen molar-refractivity contribution in [2.75, 3.05) is 5.75 Å². The summed E-state index contributed by atoms with van der Waals surface area (Å²) >= 11 is 0. The van der Waals surface area contributed by atoms with Crippen molar-refractivity contribution in [3.63, 3.8) is 0 Å². The summed E-state index contributed by atoms with van der Waals surface area (Å²) in [6.45, 7) is 7.20. The van der Waals surface area contributed by atoms with Crippen molar-refractivity contribution < 1.29 is 14.6 Å². The fourth-order valence-corrected chi connectivity index (χ4v) is 3.72. The normalized spacial score (nSPS) is 23.3. The van der Waals surface area contributed by atoms with Crippen molar-refractivity contribution in [1.29, 1.82) is 0 Å². The van der Waals surface area contributed by atoms with E-state index in [-0.39, 0.29) is 5.97 Å². The predicted octanol–water partition coefficient (Wildman–Crippen LogP) is 2.65. The highest BCUT2D eigenvalue weighted by Gasteiger charge is 2.26. The zero-order chi connectivity index (χ0) is 11.6. The van der Waals surface area contributed by atoms with Crippen molar-refractivity contribution in [2.45, 2.75) is 33.3 Å². The molecule has 0 saturated carbocycles. The second kappa shape index (κ2) is 4.31. The first kappa shape index (κ1) is 12.2. The Morgan fingerprint density at radius 1 is 1.60 bits per heavy atom. The molecule has 1 aliphatic heterocycles. The van der Waals surface area contributed by atoms with Crippen LogP contribution >= 0.6 is 10.9 Å². The van der Waals surface area contributed by atoms with Gasteiger partial charge in [0.15, 0.2) is 0 Å². The molecule has 1 aliphatic rings. The van der Waals surface area contributed by atoms with Gasteiger partial charge in [-0.15, -0.1) is 0 Å². The van der Waals surface area contributed by atoms with Crippen LogP contribution in [0, 0.1) is 0 Å². The van der Waals surface area contributed by atoms with E-state index < -0.39 is 16.5 Å². The van der Waals surface area contributed by atoms with Crippen LogP contribution in [0.15, 0.2) is 22.1 Å². The minimum atomic E-state index is -0.492. The summed E-state index contributed by atoms with van der Waals surface area (Å²) < 4.78 is 5.22. The Kier molecular flexibility index (Phi) is 3.50. The van der Waals surface area contributed by atoms with Gasteiger partial charge in [-0.1, -0.05) is 0 Å². The zero-order valence-electron chi connectivity index (χ0n) is 9.57. The number of esters is 1. The van der Waals surface area contributed by atoms with Gasteiger partial charge in [0.05, 0.1) is 0 Å². The molecule has 4 heteroatoms. The number of ether oxygens (including phenoxy) is 1. The number of thiol groups is 1. The van der Waals surface area contributed by atoms with E-state index in [9.17, 15) is 9.90 Å². The number of hydrogen-bond donors (Lipinski definition) is 2. The molecule has 0 saturated heterocycles. The first-order valence-electron chi connectivity index (χ1n) is 4.85. The molecule has 1 N–H and O–H groups in total. The van der Waals surface area contributed by atoms with Crippen molar-refractivity contribution in [1.82, 2.24) is 0 Å². The van der Waals surface area contributed by atoms with E-state index in [1.54, 1.807) is 6.08 Å². The van der Waals surface area contributed by atoms with E-state index in [1.165, 1.54) is 11.8 Å². The van der Waals surface area contributed by atoms with Crippen LogP contribution in [0.3, 0.4) is 0 Å². The van der Waals surface area contributed by atoms with Crippen molar-refractivity contribution >= 4 is 16.9 Å². The molecule has 0 amide bonds. The third-order valence-electron chi connectivity index (χ3n) is 2.07. The van der Waals surface area contributed by atoms with Gasteiger partial charge in [-0.2, -0.15) is 0 Å². The maximum absolute atomic E-state index is 10.9. The molecule has 0 radical (unpaired) electrons. The van der Waals surface area contributed by atoms with E-state index in [2.05, 4.69) is 0 Å². The second-order valence-electron chi connectivity index (χ2n) is 4.32. The van der Waals surface area contributed by atoms with Gasteiger partial charge in [-0.05, 0) is 37.2 Å². The van der Waals surface area contributed by atoms with Crippen LogP contribution in [0.4, 0.5) is 0 Å². The van der Waals surface area contributed by atoms with Crippen molar-refractivity contribution in [3.8, 4) is 0 Å². The summed E-state index contributed by atoms with van der Waals surface area (Å²) in [7, 11) is -0.492. The Hall–Kier alpha value is -0.900. The Labute approximate surface area is 93.2 Å². The quantitative estimate of drug-likeness (QED) is 0.579. The lowest BCUT2D eigenvalue weighted by molar-refractivity contribution is -0.151. The number of carbonyl (C=O) groups is 1. The maximum Gasteiger partial charge on any atom is 0.303 e. The minimum Gasteiger partial charge on any atom is -0.507 e. The fourth-order valence-electron chi connectivity index (χ4n) is 1.60. The van der Waals surface area contributed by atoms with E-state index in [1.807, 2.05) is 26.2 Å². The van der Waals surface area contributed by atoms with Gasteiger partial charge in [0.2, 0.25) is 0 Å². The number of aliphatic hydroxyl groups excluding tert-OH is 1. The average molecular weight is 230 g/mol. The number of allylic oxidation sites excluding steroid dienone is 2. The molecule has 0 aromatic carbocycles. The molecule has 86 valence electrons. The molecule has 15 heavy (non-hydrogen) atoms. The monoisotopic (exact) mass is 230 g/mol. The van der Waals surface area contributed by atoms with Crippen LogP contribution in [0.5, 0.6) is 0 Å². The fraction of sp³-hybridized carbons (Fsp3) is 0.545. The van der Waals surface area contributed by atoms with Gasteiger partial charge in [0.1, 0.15) is 11.4 Å². The minimum absolute atomic E-state index is 0.260. The van der Waals surface area contributed by atoms with Crippen LogP contribution < -0.4 is 0 Å². The van der Waals surface area contributed by atoms with E-state index in [4.69, 9.17) is 4.74 Å². The van der Waals surface area contributed by atoms with Gasteiger partial charge in [-0.3, -0.25) is 4.79 Å². The Balaban J connectivity index is 2.62. The van der Waals surface area contributed by atoms with Crippen LogP contribution in [-0.2, 0) is 9.53 Å². The Morgan fingerprint density at radius 2 is 2.20 bits per heavy atom. The maximum atomic E-state index is 10.9. The van der Waals surface area contributed by atoms with Gasteiger partial charge in [-0.25, -0.2) is 10.9 Å². The lowest BCUT2D eigenvalue weighted by Gasteiger charge is -2.29. The summed E-state index contributed by atoms with van der Waals surface area (Å²) in [5.74, 6) is 0.829. The molecule has 1 rings (SSSR count). The Bertz CT molecular complexity index is 329. The van der Waals surface area contributed by atoms with Gasteiger partial charge in [0.25, 0.3) is 0 Å². The SMILES string of the molecule is CC(=O)OC(C)(C)C[SH]1C=C(O)C=C1C. The topological polar surface area (TPSA) is 46.5 Å². The summed E-state index contributed by atoms with van der Waals surface area (Å²) in [5.41, 5.74) is -0.465. The number of hydrogen-bond acceptors (Lipinski definition) is 3. The van der Waals surface area contributed by atoms with E-state index >= 15 is 0 Å². The average Bonchev–Trinajstić information content (AvgIpc) is 2.25. The second-order valence-corrected chi connectivity index (χ2v) is 6.54. The number of carbonyl (C=O) groups excluding carboxylic acids is 1. The smallest absolute Gasteiger partial charge is 0.303 e. The van der Waals surface area contributed by atoms with Crippen LogP contribution in [0.1, 0.15) is 27.7 Å². The predicted molar refractivity (Wildman–Crippen MR) is 64.2 cm³/mol. The van der Waals surface area contributed by atoms with Crippen molar-refractivity contribution in [2.24, 2.45) is 0 Å². The summed E-state index contributed by atoms with van der Waals surface area (Å²) in [5, 5.41) is 11.2. The molecular weight excluding hydrogens is 212 g/mol. The zero-order valence-corrected chi connectivity index (χ0v) is 10.5. The number of rotatable bonds is 3. The van der Waals surface area contributed by atoms with Crippen LogP contribution in [0.2, 0.25) is 0 Å². The first-order chi connectivity index (χ1) is 6.80. The summed E-state index contributed by atoms with van der Waals surface area (Å²) in [6, 6.07) is 0. The van der Waals surface area contributed by atoms with Gasteiger partial charge in [0, 0.05) is 12.7 Å². The molecule has 0 aliphatic carbocycles. The molecule has 3 nitrogen and oxygen atoms in total. The third kappa shape index (κ3) is 3.63. The van der Waals surface area contributed by atoms with E-state index in [0.717, 1.165) is 5.75 Å². The molecular formula is C11H18O3S. The summed E-state index contributed by atoms with van der Waals surface area (Å²) in [6.07, 6.45) is 1.77. The molecule has 1 atom stereocenters. The van der Waals surface area contributed by atoms with Crippen molar-refractivity contribution in [3.05, 3.63) is 22.1 Å². The van der Waals surface area contributed by atoms with Gasteiger partial charge < -0.3 is 9.84 Å². The standard InChI is InChI=1S/C11H18O3S/c1-8-5-10(13)6-15(8)7-11(3,4)14-9(2)12/h5-6,13,15H,7H2,1-4H3. The largest absolute Gasteiger partial charge is 0.507 e. The highest BCUT2D eigenvalue weighted by Crippen LogP contribution is 2.45. The lowest BCUT2D eigenvalue weighted by Crippen LogP contribution is -2.30. The molecule has 0 aromatic rings. The van der Waals surface area contributed by atoms with Crippen LogP contribution in [0.25, 0.3) is 0 Å². The summed E-state index contributed by atoms with van der Waals surface area (Å²) in [4.78, 5) is 12.1. The molecule has 0 fully saturated rings. The molecule has 0 aromatic heterocycles. The highest BCUT2D eigenvalue weighted by atomic mass is 32.2. The highest BCUT2D eigenvalue weighted by molar-refractivity contribution is 8.23. The third-order valence-corrected chi connectivity index (χ3v) is 4.78. The Morgan fingerprint density at radius 3 is 2.60 bits per heavy atom. The molecule has 1 heterocycles. The lowest BCUT2D eigenvalue weighted by atomic mass is 10.2. The first-order valence-corrected chi connectivity index (χ1v) is 6.45. The van der Waals surface area contributed by atoms with Crippen LogP contribution in [-0.4, -0.2) is 22.4 Å². The van der Waals surface area contributed by atoms with E-state index in [0.29, 0.717) is 5.76 Å². The number of aliphatic hydroxyl groups is 1. The molecule has 0 spiro atoms. The molecule has 0 bridgehead atoms. The molecule has 1 unspecified atom stereocenters.